The third-order valence-corrected chi connectivity index (χ3v) is 4.31. The van der Waals surface area contributed by atoms with Crippen molar-refractivity contribution in [1.29, 1.82) is 0 Å². The topological polar surface area (TPSA) is 90.5 Å². The summed E-state index contributed by atoms with van der Waals surface area (Å²) in [4.78, 5) is 38.8. The van der Waals surface area contributed by atoms with Crippen LogP contribution in [0.25, 0.3) is 0 Å². The molecule has 0 aliphatic carbocycles. The van der Waals surface area contributed by atoms with Crippen LogP contribution in [-0.4, -0.2) is 61.4 Å². The van der Waals surface area contributed by atoms with E-state index in [2.05, 4.69) is 16.0 Å². The number of nitrogens with zero attached hydrogens (tertiary/aromatic N) is 1. The minimum absolute atomic E-state index is 0.154. The standard InChI is InChI=1S/C16H30N4O3/c1-10(17-5)13(21)19-12(16(2,3)4)15(23)20-9-7-8-11(20)14(22)18-6/h10-12,17H,7-9H2,1-6H3,(H,18,22)(H,19,21)/t10-,11-,12+/m0/s1. The quantitative estimate of drug-likeness (QED) is 0.656. The number of carbonyl (C=O) groups is 3. The summed E-state index contributed by atoms with van der Waals surface area (Å²) in [6.45, 7) is 8.00. The first-order chi connectivity index (χ1) is 10.6. The molecule has 0 aromatic rings. The third-order valence-electron chi connectivity index (χ3n) is 4.31. The largest absolute Gasteiger partial charge is 0.357 e. The van der Waals surface area contributed by atoms with Crippen LogP contribution < -0.4 is 16.0 Å². The first-order valence-corrected chi connectivity index (χ1v) is 8.13. The van der Waals surface area contributed by atoms with E-state index in [4.69, 9.17) is 0 Å². The number of amides is 3. The number of hydrogen-bond donors (Lipinski definition) is 3. The molecule has 132 valence electrons. The average molecular weight is 326 g/mol. The molecule has 0 spiro atoms. The van der Waals surface area contributed by atoms with Gasteiger partial charge in [0.25, 0.3) is 0 Å². The maximum atomic E-state index is 13.0. The van der Waals surface area contributed by atoms with Crippen molar-refractivity contribution in [1.82, 2.24) is 20.9 Å². The van der Waals surface area contributed by atoms with Crippen molar-refractivity contribution < 1.29 is 14.4 Å². The number of hydrogen-bond acceptors (Lipinski definition) is 4. The fraction of sp³-hybridized carbons (Fsp3) is 0.812. The van der Waals surface area contributed by atoms with E-state index in [1.165, 1.54) is 0 Å². The highest BCUT2D eigenvalue weighted by Gasteiger charge is 2.41. The van der Waals surface area contributed by atoms with Crippen molar-refractivity contribution in [2.45, 2.75) is 58.7 Å². The fourth-order valence-corrected chi connectivity index (χ4v) is 2.68. The van der Waals surface area contributed by atoms with Gasteiger partial charge in [0.05, 0.1) is 6.04 Å². The van der Waals surface area contributed by atoms with Crippen LogP contribution in [0.4, 0.5) is 0 Å². The summed E-state index contributed by atoms with van der Waals surface area (Å²) in [5, 5.41) is 8.31. The minimum Gasteiger partial charge on any atom is -0.357 e. The Bertz CT molecular complexity index is 459. The zero-order chi connectivity index (χ0) is 17.8. The number of carbonyl (C=O) groups excluding carboxylic acids is 3. The van der Waals surface area contributed by atoms with Crippen LogP contribution in [0.15, 0.2) is 0 Å². The van der Waals surface area contributed by atoms with Gasteiger partial charge in [0.2, 0.25) is 17.7 Å². The lowest BCUT2D eigenvalue weighted by molar-refractivity contribution is -0.144. The van der Waals surface area contributed by atoms with Crippen LogP contribution in [-0.2, 0) is 14.4 Å². The van der Waals surface area contributed by atoms with Crippen molar-refractivity contribution in [3.63, 3.8) is 0 Å². The van der Waals surface area contributed by atoms with Gasteiger partial charge in [-0.1, -0.05) is 20.8 Å². The van der Waals surface area contributed by atoms with Gasteiger partial charge in [0.1, 0.15) is 12.1 Å². The second kappa shape index (κ2) is 7.77. The molecular weight excluding hydrogens is 296 g/mol. The number of rotatable bonds is 5. The van der Waals surface area contributed by atoms with Gasteiger partial charge in [-0.2, -0.15) is 0 Å². The number of likely N-dealkylation sites (tertiary alicyclic amines) is 1. The van der Waals surface area contributed by atoms with E-state index < -0.39 is 17.5 Å². The smallest absolute Gasteiger partial charge is 0.246 e. The molecule has 0 bridgehead atoms. The summed E-state index contributed by atoms with van der Waals surface area (Å²) in [5.41, 5.74) is -0.448. The molecular formula is C16H30N4O3. The molecule has 1 heterocycles. The Morgan fingerprint density at radius 1 is 1.17 bits per heavy atom. The summed E-state index contributed by atoms with van der Waals surface area (Å²) in [6, 6.07) is -1.51. The molecule has 1 aliphatic heterocycles. The van der Waals surface area contributed by atoms with E-state index >= 15 is 0 Å². The van der Waals surface area contributed by atoms with Crippen LogP contribution in [0.2, 0.25) is 0 Å². The number of nitrogens with one attached hydrogen (secondary N) is 3. The van der Waals surface area contributed by atoms with Crippen LogP contribution in [0.3, 0.4) is 0 Å². The van der Waals surface area contributed by atoms with Crippen molar-refractivity contribution in [2.75, 3.05) is 20.6 Å². The van der Waals surface area contributed by atoms with Gasteiger partial charge in [-0.25, -0.2) is 0 Å². The van der Waals surface area contributed by atoms with Crippen LogP contribution >= 0.6 is 0 Å². The van der Waals surface area contributed by atoms with Gasteiger partial charge >= 0.3 is 0 Å². The minimum atomic E-state index is -0.670. The van der Waals surface area contributed by atoms with Gasteiger partial charge < -0.3 is 20.9 Å². The summed E-state index contributed by atoms with van der Waals surface area (Å²) in [6.07, 6.45) is 1.45. The van der Waals surface area contributed by atoms with Crippen molar-refractivity contribution >= 4 is 17.7 Å². The molecule has 1 aliphatic rings. The molecule has 7 heteroatoms. The molecule has 1 saturated heterocycles. The molecule has 23 heavy (non-hydrogen) atoms. The molecule has 0 radical (unpaired) electrons. The van der Waals surface area contributed by atoms with Crippen molar-refractivity contribution in [2.24, 2.45) is 5.41 Å². The molecule has 3 atom stereocenters. The molecule has 3 N–H and O–H groups in total. The Labute approximate surface area is 138 Å². The van der Waals surface area contributed by atoms with E-state index in [1.807, 2.05) is 20.8 Å². The zero-order valence-electron chi connectivity index (χ0n) is 15.0. The summed E-state index contributed by atoms with van der Waals surface area (Å²) >= 11 is 0. The van der Waals surface area contributed by atoms with Crippen molar-refractivity contribution in [3.8, 4) is 0 Å². The Morgan fingerprint density at radius 2 is 1.78 bits per heavy atom. The molecule has 0 unspecified atom stereocenters. The van der Waals surface area contributed by atoms with Gasteiger partial charge in [0.15, 0.2) is 0 Å². The van der Waals surface area contributed by atoms with Crippen molar-refractivity contribution in [3.05, 3.63) is 0 Å². The number of likely N-dealkylation sites (N-methyl/N-ethyl adjacent to an activating group) is 2. The van der Waals surface area contributed by atoms with Crippen LogP contribution in [0.1, 0.15) is 40.5 Å². The Morgan fingerprint density at radius 3 is 2.26 bits per heavy atom. The highest BCUT2D eigenvalue weighted by molar-refractivity contribution is 5.93. The molecule has 3 amide bonds. The maximum Gasteiger partial charge on any atom is 0.246 e. The molecule has 1 fully saturated rings. The zero-order valence-corrected chi connectivity index (χ0v) is 15.0. The lowest BCUT2D eigenvalue weighted by Crippen LogP contribution is -2.59. The first-order valence-electron chi connectivity index (χ1n) is 8.13. The molecule has 0 saturated carbocycles. The molecule has 7 nitrogen and oxygen atoms in total. The third kappa shape index (κ3) is 4.67. The normalized spacial score (nSPS) is 20.8. The molecule has 0 aromatic carbocycles. The lowest BCUT2D eigenvalue weighted by Gasteiger charge is -2.35. The van der Waals surface area contributed by atoms with Gasteiger partial charge in [0, 0.05) is 13.6 Å². The van der Waals surface area contributed by atoms with E-state index in [-0.39, 0.29) is 23.8 Å². The van der Waals surface area contributed by atoms with Gasteiger partial charge in [-0.15, -0.1) is 0 Å². The lowest BCUT2D eigenvalue weighted by atomic mass is 9.85. The average Bonchev–Trinajstić information content (AvgIpc) is 2.98. The predicted octanol–water partition coefficient (Wildman–Crippen LogP) is -0.138. The van der Waals surface area contributed by atoms with Crippen LogP contribution in [0.5, 0.6) is 0 Å². The molecule has 0 aromatic heterocycles. The Kier molecular flexibility index (Phi) is 6.56. The summed E-state index contributed by atoms with van der Waals surface area (Å²) in [7, 11) is 3.27. The second-order valence-electron chi connectivity index (χ2n) is 7.12. The maximum absolute atomic E-state index is 13.0. The van der Waals surface area contributed by atoms with E-state index in [9.17, 15) is 14.4 Å². The van der Waals surface area contributed by atoms with Gasteiger partial charge in [-0.05, 0) is 32.2 Å². The SMILES string of the molecule is CNC(=O)[C@@H]1CCCN1C(=O)[C@@H](NC(=O)[C@H](C)NC)C(C)(C)C. The first kappa shape index (κ1) is 19.4. The molecule has 1 rings (SSSR count). The van der Waals surface area contributed by atoms with E-state index in [0.717, 1.165) is 6.42 Å². The van der Waals surface area contributed by atoms with Crippen LogP contribution in [0, 0.1) is 5.41 Å². The van der Waals surface area contributed by atoms with E-state index in [0.29, 0.717) is 13.0 Å². The fourth-order valence-electron chi connectivity index (χ4n) is 2.68. The summed E-state index contributed by atoms with van der Waals surface area (Å²) < 4.78 is 0. The Balaban J connectivity index is 2.96. The van der Waals surface area contributed by atoms with E-state index in [1.54, 1.807) is 25.9 Å². The van der Waals surface area contributed by atoms with Gasteiger partial charge in [-0.3, -0.25) is 14.4 Å². The second-order valence-corrected chi connectivity index (χ2v) is 7.12. The monoisotopic (exact) mass is 326 g/mol. The highest BCUT2D eigenvalue weighted by Crippen LogP contribution is 2.25. The Hall–Kier alpha value is -1.63. The summed E-state index contributed by atoms with van der Waals surface area (Å²) in [5.74, 6) is -0.574. The predicted molar refractivity (Wildman–Crippen MR) is 88.7 cm³/mol. The highest BCUT2D eigenvalue weighted by atomic mass is 16.2.